The normalized spacial score (nSPS) is 25.3. The summed E-state index contributed by atoms with van der Waals surface area (Å²) in [4.78, 5) is 12.6. The van der Waals surface area contributed by atoms with E-state index in [0.29, 0.717) is 17.2 Å². The largest absolute Gasteiger partial charge is 0.423 e. The van der Waals surface area contributed by atoms with Crippen molar-refractivity contribution in [2.24, 2.45) is 17.8 Å². The quantitative estimate of drug-likeness (QED) is 0.245. The van der Waals surface area contributed by atoms with Crippen LogP contribution in [-0.4, -0.2) is 5.97 Å². The fourth-order valence-corrected chi connectivity index (χ4v) is 5.87. The number of aryl methyl sites for hydroxylation is 1. The van der Waals surface area contributed by atoms with Crippen LogP contribution in [0.4, 0.5) is 0 Å². The first-order chi connectivity index (χ1) is 16.2. The molecule has 2 fully saturated rings. The predicted molar refractivity (Wildman–Crippen MR) is 137 cm³/mol. The Morgan fingerprint density at radius 1 is 0.879 bits per heavy atom. The molecular weight excluding hydrogens is 404 g/mol. The molecule has 2 aromatic carbocycles. The second kappa shape index (κ2) is 11.5. The Labute approximate surface area is 199 Å². The summed E-state index contributed by atoms with van der Waals surface area (Å²) in [6.07, 6.45) is 18.9. The fourth-order valence-electron chi connectivity index (χ4n) is 5.87. The molecule has 0 amide bonds. The molecule has 174 valence electrons. The number of fused-ring (bicyclic) bond motifs is 1. The molecule has 4 unspecified atom stereocenters. The van der Waals surface area contributed by atoms with E-state index >= 15 is 0 Å². The van der Waals surface area contributed by atoms with Crippen molar-refractivity contribution in [3.63, 3.8) is 0 Å². The third-order valence-electron chi connectivity index (χ3n) is 7.71. The summed E-state index contributed by atoms with van der Waals surface area (Å²) in [5.41, 5.74) is 3.25. The molecule has 2 aliphatic carbocycles. The minimum Gasteiger partial charge on any atom is -0.423 e. The smallest absolute Gasteiger partial charge is 0.343 e. The van der Waals surface area contributed by atoms with Crippen LogP contribution < -0.4 is 4.74 Å². The van der Waals surface area contributed by atoms with Gasteiger partial charge in [0.1, 0.15) is 5.75 Å². The van der Waals surface area contributed by atoms with E-state index in [2.05, 4.69) is 43.4 Å². The molecule has 0 N–H and O–H groups in total. The molecule has 2 aliphatic rings. The van der Waals surface area contributed by atoms with Crippen LogP contribution in [0.25, 0.3) is 0 Å². The zero-order valence-corrected chi connectivity index (χ0v) is 20.2. The lowest BCUT2D eigenvalue weighted by Gasteiger charge is -2.41. The van der Waals surface area contributed by atoms with Crippen molar-refractivity contribution in [1.29, 1.82) is 0 Å². The maximum atomic E-state index is 12.6. The lowest BCUT2D eigenvalue weighted by molar-refractivity contribution is 0.0734. The zero-order chi connectivity index (χ0) is 23.0. The molecule has 4 rings (SSSR count). The van der Waals surface area contributed by atoms with Crippen LogP contribution in [0.1, 0.15) is 86.2 Å². The standard InChI is InChI=1S/C31H38O2/c1-3-5-6-8-23-10-19-30(20-11-23)33-31(32)26-15-13-25(14-16-26)28-18-17-27-21-24(7-4-2)9-12-29(27)22-28/h3-5,7,10-11,13-16,19-20,24,27-29H,6,8-9,12,17-18,21-22H2,1-2H3/b5-3+,7-4+. The summed E-state index contributed by atoms with van der Waals surface area (Å²) in [7, 11) is 0. The van der Waals surface area contributed by atoms with E-state index < -0.39 is 0 Å². The third-order valence-corrected chi connectivity index (χ3v) is 7.71. The lowest BCUT2D eigenvalue weighted by atomic mass is 9.64. The molecule has 0 aliphatic heterocycles. The molecule has 2 saturated carbocycles. The van der Waals surface area contributed by atoms with Crippen LogP contribution in [0.15, 0.2) is 72.8 Å². The van der Waals surface area contributed by atoms with Gasteiger partial charge in [0, 0.05) is 0 Å². The highest BCUT2D eigenvalue weighted by Crippen LogP contribution is 2.47. The summed E-state index contributed by atoms with van der Waals surface area (Å²) in [5.74, 6) is 3.52. The van der Waals surface area contributed by atoms with E-state index in [1.54, 1.807) is 0 Å². The summed E-state index contributed by atoms with van der Waals surface area (Å²) in [6.45, 7) is 4.18. The minimum absolute atomic E-state index is 0.283. The number of carbonyl (C=O) groups is 1. The fraction of sp³-hybridized carbons (Fsp3) is 0.452. The molecule has 2 aromatic rings. The Morgan fingerprint density at radius 3 is 2.33 bits per heavy atom. The van der Waals surface area contributed by atoms with Crippen LogP contribution in [-0.2, 0) is 6.42 Å². The van der Waals surface area contributed by atoms with E-state index in [4.69, 9.17) is 4.74 Å². The summed E-state index contributed by atoms with van der Waals surface area (Å²) >= 11 is 0. The molecular formula is C31H38O2. The van der Waals surface area contributed by atoms with Gasteiger partial charge in [-0.2, -0.15) is 0 Å². The summed E-state index contributed by atoms with van der Waals surface area (Å²) in [5, 5.41) is 0. The van der Waals surface area contributed by atoms with Gasteiger partial charge in [-0.15, -0.1) is 0 Å². The molecule has 0 heterocycles. The van der Waals surface area contributed by atoms with Gasteiger partial charge in [0.05, 0.1) is 5.56 Å². The lowest BCUT2D eigenvalue weighted by Crippen LogP contribution is -2.30. The zero-order valence-electron chi connectivity index (χ0n) is 20.2. The van der Waals surface area contributed by atoms with E-state index in [1.165, 1.54) is 49.7 Å². The second-order valence-corrected chi connectivity index (χ2v) is 9.89. The number of rotatable bonds is 7. The highest BCUT2D eigenvalue weighted by atomic mass is 16.5. The Kier molecular flexibility index (Phi) is 8.20. The van der Waals surface area contributed by atoms with Gasteiger partial charge in [-0.3, -0.25) is 0 Å². The average Bonchev–Trinajstić information content (AvgIpc) is 2.85. The van der Waals surface area contributed by atoms with Gasteiger partial charge in [-0.1, -0.05) is 48.6 Å². The number of carbonyl (C=O) groups excluding carboxylic acids is 1. The topological polar surface area (TPSA) is 26.3 Å². The van der Waals surface area contributed by atoms with Crippen molar-refractivity contribution in [3.05, 3.63) is 89.5 Å². The number of esters is 1. The second-order valence-electron chi connectivity index (χ2n) is 9.89. The van der Waals surface area contributed by atoms with E-state index in [-0.39, 0.29) is 5.97 Å². The van der Waals surface area contributed by atoms with Gasteiger partial charge in [0.25, 0.3) is 0 Å². The van der Waals surface area contributed by atoms with Gasteiger partial charge >= 0.3 is 5.97 Å². The van der Waals surface area contributed by atoms with Crippen LogP contribution >= 0.6 is 0 Å². The first-order valence-electron chi connectivity index (χ1n) is 12.8. The Balaban J connectivity index is 1.30. The van der Waals surface area contributed by atoms with Gasteiger partial charge < -0.3 is 4.74 Å². The molecule has 0 spiro atoms. The number of benzene rings is 2. The average molecular weight is 443 g/mol. The molecule has 0 saturated heterocycles. The van der Waals surface area contributed by atoms with Crippen LogP contribution in [0.5, 0.6) is 5.75 Å². The first kappa shape index (κ1) is 23.5. The van der Waals surface area contributed by atoms with Crippen molar-refractivity contribution in [2.75, 3.05) is 0 Å². The molecule has 0 radical (unpaired) electrons. The summed E-state index contributed by atoms with van der Waals surface area (Å²) in [6, 6.07) is 16.0. The van der Waals surface area contributed by atoms with Crippen LogP contribution in [0, 0.1) is 17.8 Å². The van der Waals surface area contributed by atoms with Gasteiger partial charge in [0.15, 0.2) is 0 Å². The molecule has 0 aromatic heterocycles. The number of allylic oxidation sites excluding steroid dienone is 4. The van der Waals surface area contributed by atoms with Gasteiger partial charge in [-0.05, 0) is 124 Å². The molecule has 4 atom stereocenters. The number of hydrogen-bond acceptors (Lipinski definition) is 2. The van der Waals surface area contributed by atoms with Crippen molar-refractivity contribution in [3.8, 4) is 5.75 Å². The van der Waals surface area contributed by atoms with E-state index in [9.17, 15) is 4.79 Å². The molecule has 33 heavy (non-hydrogen) atoms. The van der Waals surface area contributed by atoms with Gasteiger partial charge in [0.2, 0.25) is 0 Å². The Morgan fingerprint density at radius 2 is 1.61 bits per heavy atom. The molecule has 2 heteroatoms. The van der Waals surface area contributed by atoms with E-state index in [0.717, 1.165) is 30.6 Å². The van der Waals surface area contributed by atoms with Crippen molar-refractivity contribution >= 4 is 5.97 Å². The maximum Gasteiger partial charge on any atom is 0.343 e. The number of ether oxygens (including phenoxy) is 1. The van der Waals surface area contributed by atoms with Crippen molar-refractivity contribution in [2.45, 2.75) is 71.1 Å². The van der Waals surface area contributed by atoms with Crippen LogP contribution in [0.3, 0.4) is 0 Å². The molecule has 2 nitrogen and oxygen atoms in total. The van der Waals surface area contributed by atoms with Crippen molar-refractivity contribution in [1.82, 2.24) is 0 Å². The SMILES string of the molecule is C/C=C/CCc1ccc(OC(=O)c2ccc(C3CCC4CC(/C=C/C)CCC4C3)cc2)cc1. The Bertz CT molecular complexity index is 951. The minimum atomic E-state index is -0.283. The Hall–Kier alpha value is -2.61. The predicted octanol–water partition coefficient (Wildman–Crippen LogP) is 8.29. The highest BCUT2D eigenvalue weighted by molar-refractivity contribution is 5.91. The number of hydrogen-bond donors (Lipinski definition) is 0. The maximum absolute atomic E-state index is 12.6. The van der Waals surface area contributed by atoms with E-state index in [1.807, 2.05) is 43.3 Å². The third kappa shape index (κ3) is 6.25. The molecule has 0 bridgehead atoms. The monoisotopic (exact) mass is 442 g/mol. The summed E-state index contributed by atoms with van der Waals surface area (Å²) < 4.78 is 5.61. The first-order valence-corrected chi connectivity index (χ1v) is 12.8. The highest BCUT2D eigenvalue weighted by Gasteiger charge is 2.35. The van der Waals surface area contributed by atoms with Crippen LogP contribution in [0.2, 0.25) is 0 Å². The van der Waals surface area contributed by atoms with Crippen molar-refractivity contribution < 1.29 is 9.53 Å². The van der Waals surface area contributed by atoms with Gasteiger partial charge in [-0.25, -0.2) is 4.79 Å².